The average molecular weight is 145 g/mol. The first-order valence-electron chi connectivity index (χ1n) is 3.52. The zero-order valence-corrected chi connectivity index (χ0v) is 6.09. The minimum Gasteiger partial charge on any atom is -0.359 e. The summed E-state index contributed by atoms with van der Waals surface area (Å²) in [5, 5.41) is 3.04. The Morgan fingerprint density at radius 3 is 3.20 bits per heavy atom. The van der Waals surface area contributed by atoms with Crippen LogP contribution in [-0.4, -0.2) is 32.2 Å². The van der Waals surface area contributed by atoms with E-state index in [1.807, 2.05) is 6.92 Å². The number of nitrogens with one attached hydrogen (secondary N) is 2. The van der Waals surface area contributed by atoms with Crippen LogP contribution in [0.25, 0.3) is 0 Å². The zero-order valence-electron chi connectivity index (χ0n) is 6.09. The summed E-state index contributed by atoms with van der Waals surface area (Å²) in [5.41, 5.74) is 7.32. The Kier molecular flexibility index (Phi) is 3.08. The standard InChI is InChI=1S/C6H13N2O2/c1-2-9-6-5(7)10-4-3-8-6/h5-8H,2-4H2,1H3. The van der Waals surface area contributed by atoms with E-state index in [4.69, 9.17) is 15.2 Å². The van der Waals surface area contributed by atoms with Crippen molar-refractivity contribution in [3.63, 3.8) is 0 Å². The molecule has 1 heterocycles. The fourth-order valence-electron chi connectivity index (χ4n) is 0.907. The van der Waals surface area contributed by atoms with E-state index in [0.29, 0.717) is 13.2 Å². The van der Waals surface area contributed by atoms with Crippen molar-refractivity contribution in [1.82, 2.24) is 11.1 Å². The van der Waals surface area contributed by atoms with Gasteiger partial charge in [-0.1, -0.05) is 0 Å². The monoisotopic (exact) mass is 145 g/mol. The lowest BCUT2D eigenvalue weighted by Crippen LogP contribution is -2.50. The zero-order chi connectivity index (χ0) is 7.40. The number of rotatable bonds is 2. The first-order valence-corrected chi connectivity index (χ1v) is 3.52. The lowest BCUT2D eigenvalue weighted by Gasteiger charge is -2.28. The molecule has 1 aliphatic rings. The molecular formula is C6H13N2O2. The summed E-state index contributed by atoms with van der Waals surface area (Å²) < 4.78 is 10.2. The van der Waals surface area contributed by atoms with Crippen molar-refractivity contribution in [3.05, 3.63) is 0 Å². The molecule has 0 aromatic heterocycles. The van der Waals surface area contributed by atoms with Crippen molar-refractivity contribution in [2.45, 2.75) is 19.4 Å². The maximum Gasteiger partial charge on any atom is 0.160 e. The molecule has 1 aliphatic heterocycles. The highest BCUT2D eigenvalue weighted by Gasteiger charge is 2.21. The molecule has 1 rings (SSSR count). The molecule has 4 heteroatoms. The summed E-state index contributed by atoms with van der Waals surface area (Å²) in [5.74, 6) is 0. The second-order valence-electron chi connectivity index (χ2n) is 2.12. The Bertz CT molecular complexity index is 97.7. The van der Waals surface area contributed by atoms with Gasteiger partial charge in [0.1, 0.15) is 6.23 Å². The van der Waals surface area contributed by atoms with Gasteiger partial charge in [-0.05, 0) is 6.92 Å². The Hall–Kier alpha value is -0.160. The number of morpholine rings is 1. The molecule has 2 atom stereocenters. The number of hydrogen-bond acceptors (Lipinski definition) is 3. The third kappa shape index (κ3) is 1.91. The highest BCUT2D eigenvalue weighted by atomic mass is 16.6. The van der Waals surface area contributed by atoms with Crippen molar-refractivity contribution < 1.29 is 9.47 Å². The van der Waals surface area contributed by atoms with Gasteiger partial charge in [0.15, 0.2) is 6.23 Å². The first kappa shape index (κ1) is 7.94. The van der Waals surface area contributed by atoms with Crippen LogP contribution in [0.5, 0.6) is 0 Å². The van der Waals surface area contributed by atoms with Gasteiger partial charge in [0, 0.05) is 13.2 Å². The Balaban J connectivity index is 2.25. The average Bonchev–Trinajstić information content (AvgIpc) is 1.94. The van der Waals surface area contributed by atoms with Gasteiger partial charge in [-0.25, -0.2) is 5.73 Å². The summed E-state index contributed by atoms with van der Waals surface area (Å²) in [6.45, 7) is 3.91. The minimum absolute atomic E-state index is 0.237. The largest absolute Gasteiger partial charge is 0.359 e. The topological polar surface area (TPSA) is 54.3 Å². The van der Waals surface area contributed by atoms with Crippen LogP contribution in [0.2, 0.25) is 0 Å². The molecule has 1 saturated heterocycles. The third-order valence-corrected chi connectivity index (χ3v) is 1.37. The van der Waals surface area contributed by atoms with Crippen molar-refractivity contribution >= 4 is 0 Å². The first-order chi connectivity index (χ1) is 4.84. The van der Waals surface area contributed by atoms with Crippen LogP contribution in [0.1, 0.15) is 6.92 Å². The molecule has 4 nitrogen and oxygen atoms in total. The van der Waals surface area contributed by atoms with Crippen LogP contribution >= 0.6 is 0 Å². The van der Waals surface area contributed by atoms with Crippen LogP contribution in [0.3, 0.4) is 0 Å². The summed E-state index contributed by atoms with van der Waals surface area (Å²) in [6.07, 6.45) is -0.799. The van der Waals surface area contributed by atoms with E-state index in [2.05, 4.69) is 5.32 Å². The predicted octanol–water partition coefficient (Wildman–Crippen LogP) is -0.422. The molecule has 0 aromatic rings. The second kappa shape index (κ2) is 3.88. The molecular weight excluding hydrogens is 132 g/mol. The maximum atomic E-state index is 7.32. The normalized spacial score (nSPS) is 34.2. The van der Waals surface area contributed by atoms with Gasteiger partial charge in [-0.2, -0.15) is 0 Å². The Morgan fingerprint density at radius 2 is 2.60 bits per heavy atom. The molecule has 1 radical (unpaired) electrons. The van der Waals surface area contributed by atoms with Crippen LogP contribution < -0.4 is 11.1 Å². The van der Waals surface area contributed by atoms with Gasteiger partial charge in [0.2, 0.25) is 0 Å². The second-order valence-corrected chi connectivity index (χ2v) is 2.12. The SMILES string of the molecule is CCOC1NCCOC1[NH]. The van der Waals surface area contributed by atoms with Gasteiger partial charge in [-0.15, -0.1) is 0 Å². The van der Waals surface area contributed by atoms with E-state index in [9.17, 15) is 0 Å². The molecule has 0 amide bonds. The van der Waals surface area contributed by atoms with Gasteiger partial charge < -0.3 is 9.47 Å². The molecule has 0 bridgehead atoms. The minimum atomic E-state index is -0.561. The molecule has 10 heavy (non-hydrogen) atoms. The number of hydrogen-bond donors (Lipinski definition) is 1. The molecule has 0 saturated carbocycles. The number of ether oxygens (including phenoxy) is 2. The van der Waals surface area contributed by atoms with Crippen LogP contribution in [0, 0.1) is 0 Å². The molecule has 59 valence electrons. The Labute approximate surface area is 60.7 Å². The van der Waals surface area contributed by atoms with Crippen molar-refractivity contribution in [2.24, 2.45) is 0 Å². The quantitative estimate of drug-likeness (QED) is 0.574. The van der Waals surface area contributed by atoms with E-state index in [1.54, 1.807) is 0 Å². The van der Waals surface area contributed by atoms with E-state index < -0.39 is 6.23 Å². The maximum absolute atomic E-state index is 7.32. The fourth-order valence-corrected chi connectivity index (χ4v) is 0.907. The van der Waals surface area contributed by atoms with E-state index in [0.717, 1.165) is 6.54 Å². The predicted molar refractivity (Wildman–Crippen MR) is 36.3 cm³/mol. The lowest BCUT2D eigenvalue weighted by molar-refractivity contribution is -0.112. The van der Waals surface area contributed by atoms with Crippen LogP contribution in [-0.2, 0) is 9.47 Å². The van der Waals surface area contributed by atoms with Gasteiger partial charge in [0.05, 0.1) is 6.61 Å². The van der Waals surface area contributed by atoms with Crippen molar-refractivity contribution in [1.29, 1.82) is 0 Å². The van der Waals surface area contributed by atoms with Crippen LogP contribution in [0.15, 0.2) is 0 Å². The summed E-state index contributed by atoms with van der Waals surface area (Å²) in [4.78, 5) is 0. The lowest BCUT2D eigenvalue weighted by atomic mass is 10.4. The molecule has 0 spiro atoms. The molecule has 2 unspecified atom stereocenters. The van der Waals surface area contributed by atoms with Crippen LogP contribution in [0.4, 0.5) is 0 Å². The van der Waals surface area contributed by atoms with Gasteiger partial charge in [0.25, 0.3) is 0 Å². The molecule has 0 aliphatic carbocycles. The summed E-state index contributed by atoms with van der Waals surface area (Å²) in [6, 6.07) is 0. The smallest absolute Gasteiger partial charge is 0.160 e. The molecule has 0 aromatic carbocycles. The van der Waals surface area contributed by atoms with Crippen molar-refractivity contribution in [3.8, 4) is 0 Å². The summed E-state index contributed by atoms with van der Waals surface area (Å²) in [7, 11) is 0. The Morgan fingerprint density at radius 1 is 1.80 bits per heavy atom. The highest BCUT2D eigenvalue weighted by molar-refractivity contribution is 4.66. The van der Waals surface area contributed by atoms with E-state index in [-0.39, 0.29) is 6.23 Å². The van der Waals surface area contributed by atoms with E-state index >= 15 is 0 Å². The fraction of sp³-hybridized carbons (Fsp3) is 1.00. The van der Waals surface area contributed by atoms with E-state index in [1.165, 1.54) is 0 Å². The van der Waals surface area contributed by atoms with Gasteiger partial charge >= 0.3 is 0 Å². The molecule has 2 N–H and O–H groups in total. The van der Waals surface area contributed by atoms with Crippen molar-refractivity contribution in [2.75, 3.05) is 19.8 Å². The highest BCUT2D eigenvalue weighted by Crippen LogP contribution is 2.01. The third-order valence-electron chi connectivity index (χ3n) is 1.37. The summed E-state index contributed by atoms with van der Waals surface area (Å²) >= 11 is 0. The van der Waals surface area contributed by atoms with Gasteiger partial charge in [-0.3, -0.25) is 5.32 Å². The molecule has 1 fully saturated rings.